The molecule has 0 saturated heterocycles. The van der Waals surface area contributed by atoms with E-state index < -0.39 is 32.7 Å². The number of nitrogens with one attached hydrogen (secondary N) is 1. The highest BCUT2D eigenvalue weighted by Gasteiger charge is 2.21. The van der Waals surface area contributed by atoms with E-state index in [1.165, 1.54) is 6.92 Å². The van der Waals surface area contributed by atoms with Crippen molar-refractivity contribution in [1.82, 2.24) is 5.32 Å². The predicted molar refractivity (Wildman–Crippen MR) is 69.7 cm³/mol. The summed E-state index contributed by atoms with van der Waals surface area (Å²) in [4.78, 5) is 11.0. The number of hydrogen-bond acceptors (Lipinski definition) is 4. The van der Waals surface area contributed by atoms with Crippen molar-refractivity contribution in [2.24, 2.45) is 5.14 Å². The van der Waals surface area contributed by atoms with Crippen LogP contribution in [0.4, 0.5) is 4.39 Å². The zero-order chi connectivity index (χ0) is 15.3. The number of halogens is 1. The molecule has 0 aliphatic heterocycles. The Labute approximate surface area is 116 Å². The van der Waals surface area contributed by atoms with Gasteiger partial charge in [-0.1, -0.05) is 5.92 Å². The number of amides is 1. The van der Waals surface area contributed by atoms with Crippen molar-refractivity contribution in [2.45, 2.75) is 17.9 Å². The summed E-state index contributed by atoms with van der Waals surface area (Å²) >= 11 is 0. The van der Waals surface area contributed by atoms with Gasteiger partial charge in [-0.05, 0) is 25.1 Å². The van der Waals surface area contributed by atoms with Crippen LogP contribution < -0.4 is 15.2 Å². The lowest BCUT2D eigenvalue weighted by Crippen LogP contribution is -2.36. The molecule has 0 aromatic heterocycles. The van der Waals surface area contributed by atoms with Crippen molar-refractivity contribution >= 4 is 15.9 Å². The number of primary sulfonamides is 1. The number of terminal acetylenes is 1. The van der Waals surface area contributed by atoms with Gasteiger partial charge in [0.2, 0.25) is 10.0 Å². The molecule has 1 atom stereocenters. The molecule has 1 aromatic carbocycles. The molecule has 0 aliphatic carbocycles. The summed E-state index contributed by atoms with van der Waals surface area (Å²) in [6.07, 6.45) is 3.97. The number of rotatable bonds is 5. The Morgan fingerprint density at radius 3 is 2.80 bits per heavy atom. The first-order chi connectivity index (χ1) is 9.25. The van der Waals surface area contributed by atoms with Crippen molar-refractivity contribution in [3.63, 3.8) is 0 Å². The average Bonchev–Trinajstić information content (AvgIpc) is 2.36. The zero-order valence-corrected chi connectivity index (χ0v) is 11.4. The molecule has 0 bridgehead atoms. The summed E-state index contributed by atoms with van der Waals surface area (Å²) in [5.74, 6) is 0.676. The quantitative estimate of drug-likeness (QED) is 0.747. The summed E-state index contributed by atoms with van der Waals surface area (Å²) in [5, 5.41) is 7.32. The Hall–Kier alpha value is -2.11. The molecule has 1 aromatic rings. The fraction of sp³-hybridized carbons (Fsp3) is 0.250. The molecule has 0 radical (unpaired) electrons. The molecular weight excluding hydrogens is 287 g/mol. The largest absolute Gasteiger partial charge is 0.479 e. The van der Waals surface area contributed by atoms with Gasteiger partial charge in [-0.15, -0.1) is 6.42 Å². The van der Waals surface area contributed by atoms with Crippen LogP contribution in [0, 0.1) is 18.2 Å². The number of nitrogens with two attached hydrogens (primary N) is 1. The lowest BCUT2D eigenvalue weighted by atomic mass is 10.3. The molecule has 1 amide bonds. The Bertz CT molecular complexity index is 652. The smallest absolute Gasteiger partial charge is 0.261 e. The first-order valence-corrected chi connectivity index (χ1v) is 7.00. The summed E-state index contributed by atoms with van der Waals surface area (Å²) in [7, 11) is -4.17. The minimum Gasteiger partial charge on any atom is -0.479 e. The molecule has 108 valence electrons. The Morgan fingerprint density at radius 2 is 2.25 bits per heavy atom. The fourth-order valence-corrected chi connectivity index (χ4v) is 2.00. The molecule has 0 spiro atoms. The van der Waals surface area contributed by atoms with Crippen LogP contribution in [0.1, 0.15) is 6.92 Å². The SMILES string of the molecule is C#CCNC(=O)C(C)Oc1ccc(F)cc1S(N)(=O)=O. The van der Waals surface area contributed by atoms with Crippen LogP contribution in [0.15, 0.2) is 23.1 Å². The average molecular weight is 300 g/mol. The van der Waals surface area contributed by atoms with Gasteiger partial charge in [-0.25, -0.2) is 17.9 Å². The third-order valence-corrected chi connectivity index (χ3v) is 3.18. The van der Waals surface area contributed by atoms with Gasteiger partial charge >= 0.3 is 0 Å². The van der Waals surface area contributed by atoms with Crippen molar-refractivity contribution in [2.75, 3.05) is 6.54 Å². The molecule has 3 N–H and O–H groups in total. The Morgan fingerprint density at radius 1 is 1.60 bits per heavy atom. The number of hydrogen-bond donors (Lipinski definition) is 2. The predicted octanol–water partition coefficient (Wildman–Crippen LogP) is -0.0102. The second kappa shape index (κ2) is 6.36. The van der Waals surface area contributed by atoms with E-state index in [2.05, 4.69) is 11.2 Å². The maximum Gasteiger partial charge on any atom is 0.261 e. The topological polar surface area (TPSA) is 98.5 Å². The molecule has 0 heterocycles. The van der Waals surface area contributed by atoms with E-state index in [1.54, 1.807) is 0 Å². The molecule has 6 nitrogen and oxygen atoms in total. The normalized spacial score (nSPS) is 12.3. The molecule has 0 saturated carbocycles. The van der Waals surface area contributed by atoms with Gasteiger partial charge in [0.15, 0.2) is 6.10 Å². The van der Waals surface area contributed by atoms with E-state index >= 15 is 0 Å². The minimum absolute atomic E-state index is 0.0119. The summed E-state index contributed by atoms with van der Waals surface area (Å²) < 4.78 is 40.9. The second-order valence-corrected chi connectivity index (χ2v) is 5.35. The van der Waals surface area contributed by atoms with Crippen molar-refractivity contribution < 1.29 is 22.3 Å². The maximum absolute atomic E-state index is 13.1. The molecule has 0 aliphatic rings. The van der Waals surface area contributed by atoms with Gasteiger partial charge in [0, 0.05) is 0 Å². The number of sulfonamides is 1. The van der Waals surface area contributed by atoms with E-state index in [4.69, 9.17) is 16.3 Å². The van der Waals surface area contributed by atoms with Crippen molar-refractivity contribution in [3.05, 3.63) is 24.0 Å². The monoisotopic (exact) mass is 300 g/mol. The number of ether oxygens (including phenoxy) is 1. The van der Waals surface area contributed by atoms with E-state index in [0.717, 1.165) is 18.2 Å². The van der Waals surface area contributed by atoms with Crippen LogP contribution in [-0.4, -0.2) is 27.0 Å². The first-order valence-electron chi connectivity index (χ1n) is 5.46. The van der Waals surface area contributed by atoms with Gasteiger partial charge in [-0.2, -0.15) is 0 Å². The van der Waals surface area contributed by atoms with Crippen LogP contribution in [0.2, 0.25) is 0 Å². The zero-order valence-electron chi connectivity index (χ0n) is 10.6. The standard InChI is InChI=1S/C12H13FN2O4S/c1-3-6-15-12(16)8(2)19-10-5-4-9(13)7-11(10)20(14,17)18/h1,4-5,7-8H,6H2,2H3,(H,15,16)(H2,14,17,18). The number of carbonyl (C=O) groups is 1. The lowest BCUT2D eigenvalue weighted by molar-refractivity contribution is -0.127. The van der Waals surface area contributed by atoms with Crippen LogP contribution in [0.3, 0.4) is 0 Å². The molecule has 0 fully saturated rings. The third-order valence-electron chi connectivity index (χ3n) is 2.25. The summed E-state index contributed by atoms with van der Waals surface area (Å²) in [6.45, 7) is 1.40. The van der Waals surface area contributed by atoms with Gasteiger partial charge in [0.05, 0.1) is 6.54 Å². The lowest BCUT2D eigenvalue weighted by Gasteiger charge is -2.16. The van der Waals surface area contributed by atoms with Gasteiger partial charge in [0.1, 0.15) is 16.5 Å². The second-order valence-electron chi connectivity index (χ2n) is 3.82. The summed E-state index contributed by atoms with van der Waals surface area (Å²) in [5.41, 5.74) is 0. The molecular formula is C12H13FN2O4S. The Kier molecular flexibility index (Phi) is 5.07. The molecule has 1 rings (SSSR count). The fourth-order valence-electron chi connectivity index (χ4n) is 1.33. The van der Waals surface area contributed by atoms with Crippen LogP contribution in [0.25, 0.3) is 0 Å². The van der Waals surface area contributed by atoms with Gasteiger partial charge < -0.3 is 10.1 Å². The molecule has 1 unspecified atom stereocenters. The van der Waals surface area contributed by atoms with Crippen LogP contribution in [0.5, 0.6) is 5.75 Å². The third kappa shape index (κ3) is 4.22. The highest BCUT2D eigenvalue weighted by atomic mass is 32.2. The number of carbonyl (C=O) groups excluding carboxylic acids is 1. The molecule has 8 heteroatoms. The maximum atomic E-state index is 13.1. The highest BCUT2D eigenvalue weighted by Crippen LogP contribution is 2.24. The van der Waals surface area contributed by atoms with Crippen LogP contribution >= 0.6 is 0 Å². The van der Waals surface area contributed by atoms with Gasteiger partial charge in [0.25, 0.3) is 5.91 Å². The first kappa shape index (κ1) is 15.9. The van der Waals surface area contributed by atoms with E-state index in [0.29, 0.717) is 0 Å². The van der Waals surface area contributed by atoms with Crippen molar-refractivity contribution in [1.29, 1.82) is 0 Å². The van der Waals surface area contributed by atoms with E-state index in [-0.39, 0.29) is 12.3 Å². The summed E-state index contributed by atoms with van der Waals surface area (Å²) in [6, 6.07) is 2.80. The number of benzene rings is 1. The van der Waals surface area contributed by atoms with Gasteiger partial charge in [-0.3, -0.25) is 4.79 Å². The van der Waals surface area contributed by atoms with Crippen LogP contribution in [-0.2, 0) is 14.8 Å². The Balaban J connectivity index is 2.99. The van der Waals surface area contributed by atoms with E-state index in [1.807, 2.05) is 0 Å². The molecule has 20 heavy (non-hydrogen) atoms. The highest BCUT2D eigenvalue weighted by molar-refractivity contribution is 7.89. The minimum atomic E-state index is -4.17. The van der Waals surface area contributed by atoms with E-state index in [9.17, 15) is 17.6 Å². The van der Waals surface area contributed by atoms with Crippen molar-refractivity contribution in [3.8, 4) is 18.1 Å².